The van der Waals surface area contributed by atoms with Gasteiger partial charge in [-0.2, -0.15) is 14.5 Å². The SMILES string of the molecule is Cc1cc(-c2cnn(C)c2)ccc1OCc1c(C2CC2)cccc1-n1nnn(C)c1=O. The van der Waals surface area contributed by atoms with E-state index in [9.17, 15) is 4.79 Å². The van der Waals surface area contributed by atoms with E-state index in [4.69, 9.17) is 4.74 Å². The zero-order valence-electron chi connectivity index (χ0n) is 17.8. The third-order valence-corrected chi connectivity index (χ3v) is 5.74. The van der Waals surface area contributed by atoms with Gasteiger partial charge in [-0.25, -0.2) is 4.79 Å². The summed E-state index contributed by atoms with van der Waals surface area (Å²) in [4.78, 5) is 12.5. The second-order valence-corrected chi connectivity index (χ2v) is 8.09. The van der Waals surface area contributed by atoms with Crippen LogP contribution in [0.5, 0.6) is 5.75 Å². The van der Waals surface area contributed by atoms with Crippen molar-refractivity contribution in [3.05, 3.63) is 76.0 Å². The van der Waals surface area contributed by atoms with Crippen molar-refractivity contribution in [3.8, 4) is 22.6 Å². The average molecular weight is 416 g/mol. The lowest BCUT2D eigenvalue weighted by molar-refractivity contribution is 0.302. The predicted octanol–water partition coefficient (Wildman–Crippen LogP) is 3.13. The van der Waals surface area contributed by atoms with E-state index in [0.717, 1.165) is 46.5 Å². The summed E-state index contributed by atoms with van der Waals surface area (Å²) in [6.07, 6.45) is 6.16. The number of aryl methyl sites for hydroxylation is 3. The van der Waals surface area contributed by atoms with Gasteiger partial charge in [0, 0.05) is 31.4 Å². The van der Waals surface area contributed by atoms with Crippen LogP contribution < -0.4 is 10.4 Å². The Morgan fingerprint density at radius 1 is 1.10 bits per heavy atom. The maximum Gasteiger partial charge on any atom is 0.368 e. The van der Waals surface area contributed by atoms with Crippen LogP contribution in [-0.4, -0.2) is 29.6 Å². The topological polar surface area (TPSA) is 79.8 Å². The van der Waals surface area contributed by atoms with Crippen molar-refractivity contribution >= 4 is 0 Å². The summed E-state index contributed by atoms with van der Waals surface area (Å²) in [5, 5.41) is 12.2. The Morgan fingerprint density at radius 3 is 2.58 bits per heavy atom. The minimum absolute atomic E-state index is 0.272. The number of rotatable bonds is 6. The number of tetrazole rings is 1. The molecule has 0 atom stereocenters. The number of hydrogen-bond acceptors (Lipinski definition) is 5. The van der Waals surface area contributed by atoms with E-state index in [0.29, 0.717) is 12.5 Å². The minimum atomic E-state index is -0.272. The molecule has 2 aromatic heterocycles. The van der Waals surface area contributed by atoms with Crippen LogP contribution >= 0.6 is 0 Å². The van der Waals surface area contributed by atoms with Gasteiger partial charge in [0.25, 0.3) is 0 Å². The summed E-state index contributed by atoms with van der Waals surface area (Å²) < 4.78 is 10.6. The highest BCUT2D eigenvalue weighted by atomic mass is 16.5. The smallest absolute Gasteiger partial charge is 0.368 e. The first-order chi connectivity index (χ1) is 15.0. The van der Waals surface area contributed by atoms with Gasteiger partial charge in [-0.05, 0) is 71.0 Å². The minimum Gasteiger partial charge on any atom is -0.489 e. The van der Waals surface area contributed by atoms with Crippen molar-refractivity contribution in [1.29, 1.82) is 0 Å². The Labute approximate surface area is 179 Å². The zero-order valence-corrected chi connectivity index (χ0v) is 17.8. The molecule has 1 fully saturated rings. The highest BCUT2D eigenvalue weighted by molar-refractivity contribution is 5.64. The molecular weight excluding hydrogens is 392 g/mol. The number of nitrogens with zero attached hydrogens (tertiary/aromatic N) is 6. The van der Waals surface area contributed by atoms with Crippen molar-refractivity contribution in [2.24, 2.45) is 14.1 Å². The van der Waals surface area contributed by atoms with Crippen molar-refractivity contribution in [2.45, 2.75) is 32.3 Å². The van der Waals surface area contributed by atoms with Crippen LogP contribution in [0.1, 0.15) is 35.4 Å². The lowest BCUT2D eigenvalue weighted by atomic mass is 10.0. The third kappa shape index (κ3) is 3.65. The third-order valence-electron chi connectivity index (χ3n) is 5.74. The summed E-state index contributed by atoms with van der Waals surface area (Å²) in [5.41, 5.74) is 5.88. The maximum atomic E-state index is 12.5. The molecule has 0 bridgehead atoms. The Balaban J connectivity index is 1.46. The van der Waals surface area contributed by atoms with E-state index < -0.39 is 0 Å². The first-order valence-electron chi connectivity index (χ1n) is 10.3. The van der Waals surface area contributed by atoms with Gasteiger partial charge in [-0.1, -0.05) is 18.2 Å². The van der Waals surface area contributed by atoms with Crippen LogP contribution in [0.25, 0.3) is 16.8 Å². The van der Waals surface area contributed by atoms with Gasteiger partial charge in [-0.3, -0.25) is 4.68 Å². The first-order valence-corrected chi connectivity index (χ1v) is 10.3. The molecule has 1 saturated carbocycles. The zero-order chi connectivity index (χ0) is 21.5. The summed E-state index contributed by atoms with van der Waals surface area (Å²) in [7, 11) is 3.51. The number of aromatic nitrogens is 6. The predicted molar refractivity (Wildman–Crippen MR) is 116 cm³/mol. The molecule has 0 N–H and O–H groups in total. The van der Waals surface area contributed by atoms with E-state index in [-0.39, 0.29) is 5.69 Å². The maximum absolute atomic E-state index is 12.5. The summed E-state index contributed by atoms with van der Waals surface area (Å²) in [6, 6.07) is 12.1. The Hall–Kier alpha value is -3.68. The number of hydrogen-bond donors (Lipinski definition) is 0. The van der Waals surface area contributed by atoms with Crippen molar-refractivity contribution in [1.82, 2.24) is 29.6 Å². The fourth-order valence-corrected chi connectivity index (χ4v) is 3.90. The molecule has 158 valence electrons. The fraction of sp³-hybridized carbons (Fsp3) is 0.304. The molecular formula is C23H24N6O2. The van der Waals surface area contributed by atoms with Crippen LogP contribution in [0, 0.1) is 6.92 Å². The lowest BCUT2D eigenvalue weighted by Gasteiger charge is -2.16. The van der Waals surface area contributed by atoms with Gasteiger partial charge in [0.2, 0.25) is 0 Å². The molecule has 0 spiro atoms. The molecule has 1 aliphatic rings. The average Bonchev–Trinajstić information content (AvgIpc) is 3.44. The molecule has 1 aliphatic carbocycles. The largest absolute Gasteiger partial charge is 0.489 e. The molecule has 0 aliphatic heterocycles. The van der Waals surface area contributed by atoms with Gasteiger partial charge in [0.15, 0.2) is 0 Å². The second kappa shape index (κ2) is 7.54. The lowest BCUT2D eigenvalue weighted by Crippen LogP contribution is -2.23. The van der Waals surface area contributed by atoms with Crippen LogP contribution in [0.15, 0.2) is 53.6 Å². The molecule has 0 amide bonds. The Morgan fingerprint density at radius 2 is 1.94 bits per heavy atom. The summed E-state index contributed by atoms with van der Waals surface area (Å²) >= 11 is 0. The quantitative estimate of drug-likeness (QED) is 0.482. The van der Waals surface area contributed by atoms with Crippen molar-refractivity contribution in [3.63, 3.8) is 0 Å². The monoisotopic (exact) mass is 416 g/mol. The van der Waals surface area contributed by atoms with E-state index in [1.54, 1.807) is 11.7 Å². The van der Waals surface area contributed by atoms with Gasteiger partial charge < -0.3 is 4.74 Å². The van der Waals surface area contributed by atoms with Crippen LogP contribution in [0.3, 0.4) is 0 Å². The first kappa shape index (κ1) is 19.3. The molecule has 2 aromatic carbocycles. The fourth-order valence-electron chi connectivity index (χ4n) is 3.90. The molecule has 31 heavy (non-hydrogen) atoms. The molecule has 8 nitrogen and oxygen atoms in total. The van der Waals surface area contributed by atoms with Gasteiger partial charge in [-0.15, -0.1) is 0 Å². The highest BCUT2D eigenvalue weighted by Crippen LogP contribution is 2.43. The number of benzene rings is 2. The molecule has 4 aromatic rings. The van der Waals surface area contributed by atoms with E-state index in [1.165, 1.54) is 14.9 Å². The van der Waals surface area contributed by atoms with E-state index in [2.05, 4.69) is 27.7 Å². The molecule has 5 rings (SSSR count). The molecule has 8 heteroatoms. The Bertz CT molecular complexity index is 1310. The molecule has 0 saturated heterocycles. The van der Waals surface area contributed by atoms with E-state index >= 15 is 0 Å². The van der Waals surface area contributed by atoms with Crippen LogP contribution in [-0.2, 0) is 20.7 Å². The normalized spacial score (nSPS) is 13.5. The van der Waals surface area contributed by atoms with Crippen molar-refractivity contribution in [2.75, 3.05) is 0 Å². The van der Waals surface area contributed by atoms with Crippen LogP contribution in [0.2, 0.25) is 0 Å². The standard InChI is InChI=1S/C23H24N6O2/c1-15-11-17(18-12-24-27(2)13-18)9-10-22(15)31-14-20-19(16-7-8-16)5-4-6-21(20)29-23(30)28(3)25-26-29/h4-6,9-13,16H,7-8,14H2,1-3H3. The molecule has 0 radical (unpaired) electrons. The number of ether oxygens (including phenoxy) is 1. The summed E-state index contributed by atoms with van der Waals surface area (Å²) in [6.45, 7) is 2.40. The molecule has 2 heterocycles. The second-order valence-electron chi connectivity index (χ2n) is 8.09. The van der Waals surface area contributed by atoms with Gasteiger partial charge in [0.1, 0.15) is 12.4 Å². The van der Waals surface area contributed by atoms with Crippen LogP contribution in [0.4, 0.5) is 0 Å². The Kier molecular flexibility index (Phi) is 4.69. The highest BCUT2D eigenvalue weighted by Gasteiger charge is 2.28. The van der Waals surface area contributed by atoms with E-state index in [1.807, 2.05) is 50.6 Å². The van der Waals surface area contributed by atoms with Gasteiger partial charge in [0.05, 0.1) is 11.9 Å². The molecule has 0 unspecified atom stereocenters. The van der Waals surface area contributed by atoms with Gasteiger partial charge >= 0.3 is 5.69 Å². The van der Waals surface area contributed by atoms with Crippen molar-refractivity contribution < 1.29 is 4.74 Å². The summed E-state index contributed by atoms with van der Waals surface area (Å²) in [5.74, 6) is 1.33.